The van der Waals surface area contributed by atoms with Gasteiger partial charge in [0.15, 0.2) is 5.12 Å². The molecule has 0 aliphatic rings. The van der Waals surface area contributed by atoms with E-state index in [2.05, 4.69) is 0 Å². The molecule has 1 unspecified atom stereocenters. The Kier molecular flexibility index (Phi) is 4.17. The van der Waals surface area contributed by atoms with E-state index < -0.39 is 11.2 Å². The lowest BCUT2D eigenvalue weighted by Gasteiger charge is -2.09. The lowest BCUT2D eigenvalue weighted by atomic mass is 10.1. The van der Waals surface area contributed by atoms with Gasteiger partial charge in [0.25, 0.3) is 0 Å². The lowest BCUT2D eigenvalue weighted by Crippen LogP contribution is -2.09. The van der Waals surface area contributed by atoms with Crippen molar-refractivity contribution in [1.82, 2.24) is 0 Å². The van der Waals surface area contributed by atoms with Crippen LogP contribution >= 0.6 is 23.4 Å². The van der Waals surface area contributed by atoms with E-state index in [9.17, 15) is 9.59 Å². The summed E-state index contributed by atoms with van der Waals surface area (Å²) in [5.74, 6) is -1.03. The largest absolute Gasteiger partial charge is 0.480 e. The predicted octanol–water partition coefficient (Wildman–Crippen LogP) is 2.75. The Bertz CT molecular complexity index is 375. The van der Waals surface area contributed by atoms with Gasteiger partial charge in [-0.2, -0.15) is 0 Å². The molecule has 0 saturated carbocycles. The molecule has 0 aliphatic heterocycles. The zero-order valence-corrected chi connectivity index (χ0v) is 9.51. The second-order valence-electron chi connectivity index (χ2n) is 2.88. The van der Waals surface area contributed by atoms with Crippen LogP contribution < -0.4 is 0 Å². The minimum Gasteiger partial charge on any atom is -0.480 e. The van der Waals surface area contributed by atoms with Gasteiger partial charge < -0.3 is 5.11 Å². The van der Waals surface area contributed by atoms with E-state index >= 15 is 0 Å². The maximum atomic E-state index is 10.9. The zero-order chi connectivity index (χ0) is 11.4. The van der Waals surface area contributed by atoms with Crippen LogP contribution in [0.1, 0.15) is 17.7 Å². The highest BCUT2D eigenvalue weighted by Crippen LogP contribution is 2.30. The minimum absolute atomic E-state index is 0.225. The van der Waals surface area contributed by atoms with Crippen LogP contribution in [0.25, 0.3) is 0 Å². The lowest BCUT2D eigenvalue weighted by molar-refractivity contribution is -0.136. The summed E-state index contributed by atoms with van der Waals surface area (Å²) in [5.41, 5.74) is 0.562. The molecular weight excluding hydrogens is 236 g/mol. The summed E-state index contributed by atoms with van der Waals surface area (Å²) in [5, 5.41) is 8.39. The van der Waals surface area contributed by atoms with E-state index in [1.54, 1.807) is 24.3 Å². The minimum atomic E-state index is -1.03. The average Bonchev–Trinajstić information content (AvgIpc) is 2.15. The summed E-state index contributed by atoms with van der Waals surface area (Å²) in [6, 6.07) is 6.43. The van der Waals surface area contributed by atoms with Gasteiger partial charge in [0.05, 0.1) is 0 Å². The fourth-order valence-corrected chi connectivity index (χ4v) is 1.92. The van der Waals surface area contributed by atoms with Gasteiger partial charge in [0.1, 0.15) is 5.25 Å². The van der Waals surface area contributed by atoms with Crippen molar-refractivity contribution < 1.29 is 14.7 Å². The quantitative estimate of drug-likeness (QED) is 0.888. The van der Waals surface area contributed by atoms with Gasteiger partial charge >= 0.3 is 5.97 Å². The molecule has 0 radical (unpaired) electrons. The molecule has 15 heavy (non-hydrogen) atoms. The molecule has 1 aromatic carbocycles. The molecule has 0 aliphatic carbocycles. The first-order chi connectivity index (χ1) is 7.00. The highest BCUT2D eigenvalue weighted by Gasteiger charge is 2.22. The smallest absolute Gasteiger partial charge is 0.321 e. The maximum absolute atomic E-state index is 10.9. The van der Waals surface area contributed by atoms with Crippen LogP contribution in [0.15, 0.2) is 24.3 Å². The Balaban J connectivity index is 2.94. The Morgan fingerprint density at radius 2 is 1.87 bits per heavy atom. The standard InChI is InChI=1S/C10H9ClO3S/c1-6(12)15-9(10(13)14)7-2-4-8(11)5-3-7/h2-5,9H,1H3,(H,13,14). The van der Waals surface area contributed by atoms with E-state index in [1.165, 1.54) is 6.92 Å². The number of thioether (sulfide) groups is 1. The molecule has 0 bridgehead atoms. The molecule has 80 valence electrons. The van der Waals surface area contributed by atoms with Gasteiger partial charge in [-0.05, 0) is 17.7 Å². The Morgan fingerprint density at radius 3 is 2.27 bits per heavy atom. The number of benzene rings is 1. The van der Waals surface area contributed by atoms with Crippen molar-refractivity contribution in [2.24, 2.45) is 0 Å². The molecule has 1 N–H and O–H groups in total. The van der Waals surface area contributed by atoms with Crippen LogP contribution in [0, 0.1) is 0 Å². The zero-order valence-electron chi connectivity index (χ0n) is 7.94. The van der Waals surface area contributed by atoms with Crippen molar-refractivity contribution in [2.75, 3.05) is 0 Å². The average molecular weight is 245 g/mol. The third kappa shape index (κ3) is 3.57. The topological polar surface area (TPSA) is 54.4 Å². The number of halogens is 1. The van der Waals surface area contributed by atoms with Crippen molar-refractivity contribution in [2.45, 2.75) is 12.2 Å². The summed E-state index contributed by atoms with van der Waals surface area (Å²) in [6.45, 7) is 1.34. The highest BCUT2D eigenvalue weighted by molar-refractivity contribution is 8.14. The van der Waals surface area contributed by atoms with E-state index in [0.717, 1.165) is 11.8 Å². The monoisotopic (exact) mass is 244 g/mol. The van der Waals surface area contributed by atoms with Crippen LogP contribution in [0.4, 0.5) is 0 Å². The van der Waals surface area contributed by atoms with E-state index in [0.29, 0.717) is 10.6 Å². The number of hydrogen-bond donors (Lipinski definition) is 1. The predicted molar refractivity (Wildman–Crippen MR) is 60.1 cm³/mol. The highest BCUT2D eigenvalue weighted by atomic mass is 35.5. The SMILES string of the molecule is CC(=O)SC(C(=O)O)c1ccc(Cl)cc1. The molecule has 0 fully saturated rings. The molecule has 5 heteroatoms. The molecule has 3 nitrogen and oxygen atoms in total. The first-order valence-electron chi connectivity index (χ1n) is 4.16. The number of carbonyl (C=O) groups is 2. The van der Waals surface area contributed by atoms with E-state index in [-0.39, 0.29) is 5.12 Å². The van der Waals surface area contributed by atoms with Crippen molar-refractivity contribution in [3.8, 4) is 0 Å². The van der Waals surface area contributed by atoms with Crippen molar-refractivity contribution >= 4 is 34.4 Å². The van der Waals surface area contributed by atoms with Crippen molar-refractivity contribution in [3.05, 3.63) is 34.9 Å². The summed E-state index contributed by atoms with van der Waals surface area (Å²) < 4.78 is 0. The van der Waals surface area contributed by atoms with Crippen LogP contribution in [-0.2, 0) is 9.59 Å². The van der Waals surface area contributed by atoms with E-state index in [4.69, 9.17) is 16.7 Å². The number of hydrogen-bond acceptors (Lipinski definition) is 3. The molecule has 1 aromatic rings. The van der Waals surface area contributed by atoms with E-state index in [1.807, 2.05) is 0 Å². The fraction of sp³-hybridized carbons (Fsp3) is 0.200. The Hall–Kier alpha value is -1.00. The third-order valence-corrected chi connectivity index (χ3v) is 2.97. The van der Waals surface area contributed by atoms with Crippen molar-refractivity contribution in [1.29, 1.82) is 0 Å². The second kappa shape index (κ2) is 5.19. The number of carbonyl (C=O) groups excluding carboxylic acids is 1. The van der Waals surface area contributed by atoms with Gasteiger partial charge in [-0.25, -0.2) is 0 Å². The number of rotatable bonds is 3. The van der Waals surface area contributed by atoms with Crippen LogP contribution in [0.5, 0.6) is 0 Å². The first kappa shape index (κ1) is 12.1. The van der Waals surface area contributed by atoms with Gasteiger partial charge in [0.2, 0.25) is 0 Å². The van der Waals surface area contributed by atoms with Gasteiger partial charge in [-0.1, -0.05) is 35.5 Å². The molecule has 0 heterocycles. The molecule has 1 atom stereocenters. The molecule has 0 amide bonds. The first-order valence-corrected chi connectivity index (χ1v) is 5.42. The number of carboxylic acids is 1. The summed E-state index contributed by atoms with van der Waals surface area (Å²) in [7, 11) is 0. The van der Waals surface area contributed by atoms with Gasteiger partial charge in [0, 0.05) is 11.9 Å². The summed E-state index contributed by atoms with van der Waals surface area (Å²) >= 11 is 6.47. The molecule has 0 spiro atoms. The van der Waals surface area contributed by atoms with Gasteiger partial charge in [-0.3, -0.25) is 9.59 Å². The normalized spacial score (nSPS) is 12.1. The fourth-order valence-electron chi connectivity index (χ4n) is 1.06. The van der Waals surface area contributed by atoms with Crippen LogP contribution in [0.2, 0.25) is 5.02 Å². The van der Waals surface area contributed by atoms with Crippen molar-refractivity contribution in [3.63, 3.8) is 0 Å². The number of carboxylic acid groups (broad SMARTS) is 1. The maximum Gasteiger partial charge on any atom is 0.321 e. The molecule has 1 rings (SSSR count). The van der Waals surface area contributed by atoms with Gasteiger partial charge in [-0.15, -0.1) is 0 Å². The molecular formula is C10H9ClO3S. The van der Waals surface area contributed by atoms with Crippen LogP contribution in [0.3, 0.4) is 0 Å². The van der Waals surface area contributed by atoms with Crippen LogP contribution in [-0.4, -0.2) is 16.2 Å². The molecule has 0 aromatic heterocycles. The molecule has 0 saturated heterocycles. The second-order valence-corrected chi connectivity index (χ2v) is 4.60. The Morgan fingerprint density at radius 1 is 1.33 bits per heavy atom. The summed E-state index contributed by atoms with van der Waals surface area (Å²) in [6.07, 6.45) is 0. The Labute approximate surface area is 96.4 Å². The number of aliphatic carboxylic acids is 1. The summed E-state index contributed by atoms with van der Waals surface area (Å²) in [4.78, 5) is 21.8. The third-order valence-electron chi connectivity index (χ3n) is 1.68.